The molecule has 0 aromatic carbocycles. The minimum atomic E-state index is -1.06. The molecule has 1 amide bonds. The third-order valence-electron chi connectivity index (χ3n) is 3.63. The first-order valence-electron chi connectivity index (χ1n) is 6.59. The zero-order valence-corrected chi connectivity index (χ0v) is 11.9. The average molecular weight is 266 g/mol. The Bertz CT molecular complexity index is 412. The second kappa shape index (κ2) is 5.65. The zero-order chi connectivity index (χ0) is 14.8. The molecule has 0 aromatic rings. The van der Waals surface area contributed by atoms with E-state index in [1.165, 1.54) is 0 Å². The molecule has 1 aliphatic carbocycles. The molecular weight excluding hydrogens is 244 g/mol. The van der Waals surface area contributed by atoms with Crippen molar-refractivity contribution >= 4 is 17.5 Å². The van der Waals surface area contributed by atoms with E-state index in [1.54, 1.807) is 4.90 Å². The predicted molar refractivity (Wildman–Crippen MR) is 72.4 cm³/mol. The van der Waals surface area contributed by atoms with Gasteiger partial charge in [-0.2, -0.15) is 0 Å². The summed E-state index contributed by atoms with van der Waals surface area (Å²) in [4.78, 5) is 36.9. The Labute approximate surface area is 113 Å². The number of amides is 1. The molecule has 0 aliphatic heterocycles. The highest BCUT2D eigenvalue weighted by molar-refractivity contribution is 6.63. The van der Waals surface area contributed by atoms with Crippen LogP contribution in [-0.2, 0) is 14.4 Å². The number of carbonyl (C=O) groups excluding carboxylic acids is 3. The number of nitrogens with zero attached hydrogens (tertiary/aromatic N) is 1. The minimum absolute atomic E-state index is 0.0605. The summed E-state index contributed by atoms with van der Waals surface area (Å²) in [6, 6.07) is 0.0605. The molecular formula is C14H22N2O3. The van der Waals surface area contributed by atoms with Crippen molar-refractivity contribution in [3.8, 4) is 0 Å². The van der Waals surface area contributed by atoms with Gasteiger partial charge in [-0.1, -0.05) is 6.58 Å². The fourth-order valence-electron chi connectivity index (χ4n) is 2.41. The summed E-state index contributed by atoms with van der Waals surface area (Å²) in [6.45, 7) is 10.3. The van der Waals surface area contributed by atoms with Gasteiger partial charge in [-0.15, -0.1) is 0 Å². The SMILES string of the molecule is C=C(CC1(CCN)C(=O)C1=O)C(=O)N(CC)C(C)C. The van der Waals surface area contributed by atoms with Gasteiger partial charge in [0.25, 0.3) is 0 Å². The van der Waals surface area contributed by atoms with E-state index < -0.39 is 17.0 Å². The molecule has 0 atom stereocenters. The Morgan fingerprint density at radius 3 is 2.21 bits per heavy atom. The third-order valence-corrected chi connectivity index (χ3v) is 3.63. The Balaban J connectivity index is 2.77. The summed E-state index contributed by atoms with van der Waals surface area (Å²) in [5.74, 6) is -1.03. The van der Waals surface area contributed by atoms with E-state index >= 15 is 0 Å². The average Bonchev–Trinajstić information content (AvgIpc) is 2.82. The second-order valence-corrected chi connectivity index (χ2v) is 5.24. The van der Waals surface area contributed by atoms with E-state index in [0.29, 0.717) is 18.5 Å². The lowest BCUT2D eigenvalue weighted by Crippen LogP contribution is -2.38. The Hall–Kier alpha value is -1.49. The highest BCUT2D eigenvalue weighted by Gasteiger charge is 2.64. The van der Waals surface area contributed by atoms with Crippen molar-refractivity contribution in [2.45, 2.75) is 39.7 Å². The van der Waals surface area contributed by atoms with Crippen molar-refractivity contribution in [2.75, 3.05) is 13.1 Å². The van der Waals surface area contributed by atoms with Gasteiger partial charge >= 0.3 is 0 Å². The highest BCUT2D eigenvalue weighted by Crippen LogP contribution is 2.45. The summed E-state index contributed by atoms with van der Waals surface area (Å²) >= 11 is 0. The van der Waals surface area contributed by atoms with Crippen LogP contribution in [0.4, 0.5) is 0 Å². The van der Waals surface area contributed by atoms with Gasteiger partial charge in [-0.25, -0.2) is 0 Å². The lowest BCUT2D eigenvalue weighted by Gasteiger charge is -2.26. The van der Waals surface area contributed by atoms with Gasteiger partial charge in [-0.05, 0) is 40.2 Å². The first kappa shape index (κ1) is 15.6. The number of carbonyl (C=O) groups is 3. The molecule has 0 aromatic heterocycles. The lowest BCUT2D eigenvalue weighted by molar-refractivity contribution is -0.128. The molecule has 5 heteroatoms. The van der Waals surface area contributed by atoms with Gasteiger partial charge in [0.2, 0.25) is 17.5 Å². The van der Waals surface area contributed by atoms with Crippen molar-refractivity contribution < 1.29 is 14.4 Å². The topological polar surface area (TPSA) is 80.5 Å². The second-order valence-electron chi connectivity index (χ2n) is 5.24. The van der Waals surface area contributed by atoms with Crippen LogP contribution in [0, 0.1) is 5.41 Å². The number of nitrogens with two attached hydrogens (primary N) is 1. The maximum Gasteiger partial charge on any atom is 0.249 e. The minimum Gasteiger partial charge on any atom is -0.337 e. The van der Waals surface area contributed by atoms with E-state index in [1.807, 2.05) is 20.8 Å². The molecule has 19 heavy (non-hydrogen) atoms. The number of rotatable bonds is 7. The van der Waals surface area contributed by atoms with Gasteiger partial charge in [0.05, 0.1) is 0 Å². The summed E-state index contributed by atoms with van der Waals surface area (Å²) in [6.07, 6.45) is 0.398. The fourth-order valence-corrected chi connectivity index (χ4v) is 2.41. The number of likely N-dealkylation sites (N-methyl/N-ethyl adjacent to an activating group) is 1. The molecule has 5 nitrogen and oxygen atoms in total. The lowest BCUT2D eigenvalue weighted by atomic mass is 9.92. The summed E-state index contributed by atoms with van der Waals surface area (Å²) in [5.41, 5.74) is 4.69. The van der Waals surface area contributed by atoms with Crippen LogP contribution in [0.25, 0.3) is 0 Å². The molecule has 1 fully saturated rings. The van der Waals surface area contributed by atoms with Crippen LogP contribution in [0.1, 0.15) is 33.6 Å². The molecule has 0 unspecified atom stereocenters. The van der Waals surface area contributed by atoms with Crippen molar-refractivity contribution in [3.05, 3.63) is 12.2 Å². The number of hydrogen-bond acceptors (Lipinski definition) is 4. The summed E-state index contributed by atoms with van der Waals surface area (Å²) in [7, 11) is 0. The fraction of sp³-hybridized carbons (Fsp3) is 0.643. The van der Waals surface area contributed by atoms with E-state index in [2.05, 4.69) is 6.58 Å². The Kier molecular flexibility index (Phi) is 4.63. The summed E-state index contributed by atoms with van der Waals surface area (Å²) in [5, 5.41) is 0. The monoisotopic (exact) mass is 266 g/mol. The Morgan fingerprint density at radius 1 is 1.37 bits per heavy atom. The molecule has 1 rings (SSSR count). The van der Waals surface area contributed by atoms with Gasteiger partial charge in [0.1, 0.15) is 5.41 Å². The normalized spacial score (nSPS) is 16.7. The zero-order valence-electron chi connectivity index (χ0n) is 11.9. The van der Waals surface area contributed by atoms with Gasteiger partial charge in [0, 0.05) is 18.2 Å². The molecule has 1 saturated carbocycles. The van der Waals surface area contributed by atoms with Crippen molar-refractivity contribution in [1.29, 1.82) is 0 Å². The third kappa shape index (κ3) is 2.76. The number of hydrogen-bond donors (Lipinski definition) is 1. The maximum absolute atomic E-state index is 12.2. The first-order chi connectivity index (χ1) is 8.81. The molecule has 1 aliphatic rings. The van der Waals surface area contributed by atoms with Crippen LogP contribution in [-0.4, -0.2) is 41.5 Å². The van der Waals surface area contributed by atoms with Crippen LogP contribution in [0.2, 0.25) is 0 Å². The highest BCUT2D eigenvalue weighted by atomic mass is 16.2. The molecule has 0 saturated heterocycles. The molecule has 0 spiro atoms. The first-order valence-corrected chi connectivity index (χ1v) is 6.59. The van der Waals surface area contributed by atoms with E-state index in [9.17, 15) is 14.4 Å². The molecule has 0 heterocycles. The van der Waals surface area contributed by atoms with Crippen molar-refractivity contribution in [2.24, 2.45) is 11.1 Å². The van der Waals surface area contributed by atoms with Gasteiger partial charge < -0.3 is 10.6 Å². The predicted octanol–water partition coefficient (Wildman–Crippen LogP) is 0.677. The summed E-state index contributed by atoms with van der Waals surface area (Å²) < 4.78 is 0. The van der Waals surface area contributed by atoms with E-state index in [4.69, 9.17) is 5.73 Å². The van der Waals surface area contributed by atoms with Crippen LogP contribution in [0.3, 0.4) is 0 Å². The van der Waals surface area contributed by atoms with E-state index in [-0.39, 0.29) is 24.9 Å². The number of ketones is 2. The molecule has 0 bridgehead atoms. The van der Waals surface area contributed by atoms with Gasteiger partial charge in [0.15, 0.2) is 0 Å². The van der Waals surface area contributed by atoms with Gasteiger partial charge in [-0.3, -0.25) is 14.4 Å². The molecule has 106 valence electrons. The van der Waals surface area contributed by atoms with Crippen LogP contribution in [0.15, 0.2) is 12.2 Å². The van der Waals surface area contributed by atoms with Crippen molar-refractivity contribution in [3.63, 3.8) is 0 Å². The quantitative estimate of drug-likeness (QED) is 0.417. The van der Waals surface area contributed by atoms with Crippen LogP contribution in [0.5, 0.6) is 0 Å². The van der Waals surface area contributed by atoms with Crippen molar-refractivity contribution in [1.82, 2.24) is 4.90 Å². The Morgan fingerprint density at radius 2 is 1.89 bits per heavy atom. The van der Waals surface area contributed by atoms with Crippen LogP contribution < -0.4 is 5.73 Å². The smallest absolute Gasteiger partial charge is 0.249 e. The number of Topliss-reactive ketones (excluding diaryl/α,β-unsaturated/α-hetero) is 2. The largest absolute Gasteiger partial charge is 0.337 e. The maximum atomic E-state index is 12.2. The van der Waals surface area contributed by atoms with E-state index in [0.717, 1.165) is 0 Å². The molecule has 2 N–H and O–H groups in total. The van der Waals surface area contributed by atoms with Crippen LogP contribution >= 0.6 is 0 Å². The standard InChI is InChI=1S/C14H22N2O3/c1-5-16(9(2)3)13(19)10(4)8-14(6-7-15)11(17)12(14)18/h9H,4-8,15H2,1-3H3. The molecule has 0 radical (unpaired) electrons.